The molecule has 2 rings (SSSR count). The highest BCUT2D eigenvalue weighted by atomic mass is 32.1. The number of ether oxygens (including phenoxy) is 1. The average Bonchev–Trinajstić information content (AvgIpc) is 2.42. The molecule has 2 aromatic rings. The van der Waals surface area contributed by atoms with E-state index in [-0.39, 0.29) is 4.99 Å². The summed E-state index contributed by atoms with van der Waals surface area (Å²) in [5, 5.41) is 0. The van der Waals surface area contributed by atoms with Gasteiger partial charge in [-0.1, -0.05) is 37.7 Å². The number of aryl methyl sites for hydroxylation is 1. The minimum atomic E-state index is 0.287. The number of nitrogens with two attached hydrogens (primary N) is 1. The molecular formula is C15H16N2OS. The molecule has 19 heavy (non-hydrogen) atoms. The molecule has 0 aliphatic carbocycles. The molecule has 0 aliphatic rings. The van der Waals surface area contributed by atoms with E-state index in [1.165, 1.54) is 5.56 Å². The van der Waals surface area contributed by atoms with Crippen LogP contribution in [0.15, 0.2) is 42.6 Å². The van der Waals surface area contributed by atoms with Gasteiger partial charge in [0.15, 0.2) is 0 Å². The van der Waals surface area contributed by atoms with Crippen molar-refractivity contribution >= 4 is 17.2 Å². The van der Waals surface area contributed by atoms with E-state index in [0.29, 0.717) is 11.4 Å². The Morgan fingerprint density at radius 3 is 2.37 bits per heavy atom. The van der Waals surface area contributed by atoms with Crippen molar-refractivity contribution in [2.75, 3.05) is 0 Å². The predicted molar refractivity (Wildman–Crippen MR) is 80.6 cm³/mol. The van der Waals surface area contributed by atoms with Crippen LogP contribution in [0.3, 0.4) is 0 Å². The van der Waals surface area contributed by atoms with Gasteiger partial charge in [-0.15, -0.1) is 0 Å². The highest BCUT2D eigenvalue weighted by molar-refractivity contribution is 7.80. The molecule has 1 aromatic heterocycles. The van der Waals surface area contributed by atoms with E-state index < -0.39 is 0 Å². The highest BCUT2D eigenvalue weighted by Gasteiger charge is 2.01. The van der Waals surface area contributed by atoms with Crippen LogP contribution in [-0.4, -0.2) is 9.97 Å². The van der Waals surface area contributed by atoms with Gasteiger partial charge in [0.2, 0.25) is 0 Å². The minimum absolute atomic E-state index is 0.287. The first kappa shape index (κ1) is 13.5. The van der Waals surface area contributed by atoms with Crippen molar-refractivity contribution in [3.05, 3.63) is 53.9 Å². The number of hydrogen-bond acceptors (Lipinski definition) is 3. The normalized spacial score (nSPS) is 10.2. The largest absolute Gasteiger partial charge is 0.456 e. The Balaban J connectivity index is 2.06. The lowest BCUT2D eigenvalue weighted by atomic mass is 10.1. The molecule has 1 aromatic carbocycles. The summed E-state index contributed by atoms with van der Waals surface area (Å²) in [4.78, 5) is 4.42. The summed E-state index contributed by atoms with van der Waals surface area (Å²) >= 11 is 4.85. The molecule has 0 saturated carbocycles. The maximum absolute atomic E-state index is 5.70. The smallest absolute Gasteiger partial charge is 0.145 e. The molecule has 98 valence electrons. The van der Waals surface area contributed by atoms with Crippen molar-refractivity contribution in [3.63, 3.8) is 0 Å². The zero-order valence-electron chi connectivity index (χ0n) is 10.8. The number of aromatic nitrogens is 1. The number of hydrogen-bond donors (Lipinski definition) is 1. The van der Waals surface area contributed by atoms with Gasteiger partial charge in [-0.05, 0) is 36.2 Å². The van der Waals surface area contributed by atoms with E-state index >= 15 is 0 Å². The molecule has 0 spiro atoms. The number of pyridine rings is 1. The summed E-state index contributed by atoms with van der Waals surface area (Å²) in [6.07, 6.45) is 3.85. The molecule has 0 unspecified atom stereocenters. The lowest BCUT2D eigenvalue weighted by Gasteiger charge is -2.06. The summed E-state index contributed by atoms with van der Waals surface area (Å²) in [5.74, 6) is 1.47. The molecule has 0 radical (unpaired) electrons. The lowest BCUT2D eigenvalue weighted by molar-refractivity contribution is 0.480. The summed E-state index contributed by atoms with van der Waals surface area (Å²) in [5.41, 5.74) is 7.40. The molecule has 0 bridgehead atoms. The zero-order chi connectivity index (χ0) is 13.7. The summed E-state index contributed by atoms with van der Waals surface area (Å²) in [6.45, 7) is 2.17. The van der Waals surface area contributed by atoms with Crippen molar-refractivity contribution in [3.8, 4) is 11.5 Å². The third kappa shape index (κ3) is 3.76. The van der Waals surface area contributed by atoms with Gasteiger partial charge >= 0.3 is 0 Å². The van der Waals surface area contributed by atoms with Gasteiger partial charge in [-0.3, -0.25) is 0 Å². The molecule has 0 amide bonds. The van der Waals surface area contributed by atoms with Gasteiger partial charge in [0.1, 0.15) is 16.5 Å². The Kier molecular flexibility index (Phi) is 4.47. The minimum Gasteiger partial charge on any atom is -0.456 e. The number of nitrogens with zero attached hydrogens (tertiary/aromatic N) is 1. The maximum Gasteiger partial charge on any atom is 0.145 e. The standard InChI is InChI=1S/C15H16N2OS/c1-2-3-11-4-6-12(7-5-11)18-13-8-9-14(15(16)19)17-10-13/h4-10H,2-3H2,1H3,(H2,16,19). The van der Waals surface area contributed by atoms with Crippen LogP contribution in [0.2, 0.25) is 0 Å². The first-order valence-corrected chi connectivity index (χ1v) is 6.62. The van der Waals surface area contributed by atoms with Gasteiger partial charge in [-0.2, -0.15) is 0 Å². The van der Waals surface area contributed by atoms with Crippen LogP contribution < -0.4 is 10.5 Å². The fraction of sp³-hybridized carbons (Fsp3) is 0.200. The van der Waals surface area contributed by atoms with Crippen LogP contribution >= 0.6 is 12.2 Å². The van der Waals surface area contributed by atoms with Crippen LogP contribution in [0, 0.1) is 0 Å². The van der Waals surface area contributed by atoms with Gasteiger partial charge in [0.05, 0.1) is 11.9 Å². The van der Waals surface area contributed by atoms with E-state index in [1.807, 2.05) is 12.1 Å². The summed E-state index contributed by atoms with van der Waals surface area (Å²) in [7, 11) is 0. The van der Waals surface area contributed by atoms with Crippen LogP contribution in [0.5, 0.6) is 11.5 Å². The fourth-order valence-corrected chi connectivity index (χ4v) is 1.86. The summed E-state index contributed by atoms with van der Waals surface area (Å²) in [6, 6.07) is 11.6. The molecule has 4 heteroatoms. The molecule has 0 aliphatic heterocycles. The SMILES string of the molecule is CCCc1ccc(Oc2ccc(C(N)=S)nc2)cc1. The topological polar surface area (TPSA) is 48.1 Å². The molecule has 2 N–H and O–H groups in total. The zero-order valence-corrected chi connectivity index (χ0v) is 11.6. The Morgan fingerprint density at radius 2 is 1.84 bits per heavy atom. The second-order valence-electron chi connectivity index (χ2n) is 4.24. The molecule has 0 saturated heterocycles. The lowest BCUT2D eigenvalue weighted by Crippen LogP contribution is -2.10. The van der Waals surface area contributed by atoms with Crippen molar-refractivity contribution in [2.24, 2.45) is 5.73 Å². The molecule has 3 nitrogen and oxygen atoms in total. The monoisotopic (exact) mass is 272 g/mol. The van der Waals surface area contributed by atoms with Gasteiger partial charge in [-0.25, -0.2) is 4.98 Å². The Morgan fingerprint density at radius 1 is 1.16 bits per heavy atom. The van der Waals surface area contributed by atoms with Gasteiger partial charge < -0.3 is 10.5 Å². The quantitative estimate of drug-likeness (QED) is 0.847. The third-order valence-corrected chi connectivity index (χ3v) is 2.90. The highest BCUT2D eigenvalue weighted by Crippen LogP contribution is 2.21. The second-order valence-corrected chi connectivity index (χ2v) is 4.68. The van der Waals surface area contributed by atoms with Crippen LogP contribution in [-0.2, 0) is 6.42 Å². The number of benzene rings is 1. The Bertz CT molecular complexity index is 549. The second kappa shape index (κ2) is 6.29. The Labute approximate surface area is 118 Å². The van der Waals surface area contributed by atoms with Crippen molar-refractivity contribution < 1.29 is 4.74 Å². The van der Waals surface area contributed by atoms with E-state index in [4.69, 9.17) is 22.7 Å². The first-order valence-electron chi connectivity index (χ1n) is 6.21. The fourth-order valence-electron chi connectivity index (χ4n) is 1.74. The first-order chi connectivity index (χ1) is 9.19. The third-order valence-electron chi connectivity index (χ3n) is 2.69. The van der Waals surface area contributed by atoms with E-state index in [9.17, 15) is 0 Å². The van der Waals surface area contributed by atoms with Crippen molar-refractivity contribution in [1.29, 1.82) is 0 Å². The van der Waals surface area contributed by atoms with Gasteiger partial charge in [0, 0.05) is 0 Å². The summed E-state index contributed by atoms with van der Waals surface area (Å²) < 4.78 is 5.70. The van der Waals surface area contributed by atoms with Crippen LogP contribution in [0.25, 0.3) is 0 Å². The van der Waals surface area contributed by atoms with Crippen LogP contribution in [0.1, 0.15) is 24.6 Å². The maximum atomic E-state index is 5.70. The molecule has 1 heterocycles. The average molecular weight is 272 g/mol. The number of rotatable bonds is 5. The molecule has 0 fully saturated rings. The predicted octanol–water partition coefficient (Wildman–Crippen LogP) is 3.46. The number of thiocarbonyl (C=S) groups is 1. The van der Waals surface area contributed by atoms with Crippen molar-refractivity contribution in [1.82, 2.24) is 4.98 Å². The van der Waals surface area contributed by atoms with E-state index in [2.05, 4.69) is 24.0 Å². The van der Waals surface area contributed by atoms with Crippen LogP contribution in [0.4, 0.5) is 0 Å². The van der Waals surface area contributed by atoms with E-state index in [0.717, 1.165) is 18.6 Å². The van der Waals surface area contributed by atoms with Gasteiger partial charge in [0.25, 0.3) is 0 Å². The van der Waals surface area contributed by atoms with Crippen molar-refractivity contribution in [2.45, 2.75) is 19.8 Å². The van der Waals surface area contributed by atoms with E-state index in [1.54, 1.807) is 18.3 Å². The Hall–Kier alpha value is -1.94. The molecular weight excluding hydrogens is 256 g/mol. The molecule has 0 atom stereocenters.